The van der Waals surface area contributed by atoms with Crippen LogP contribution in [0.2, 0.25) is 0 Å². The van der Waals surface area contributed by atoms with Crippen molar-refractivity contribution in [1.29, 1.82) is 0 Å². The fourth-order valence-corrected chi connectivity index (χ4v) is 2.72. The van der Waals surface area contributed by atoms with E-state index in [9.17, 15) is 8.78 Å². The minimum absolute atomic E-state index is 0.0525. The predicted molar refractivity (Wildman–Crippen MR) is 75.4 cm³/mol. The standard InChI is InChI=1S/C16H16F2N2/c17-14-7-11(9-19)8-15(18)16(14)20-6-5-12-3-1-2-4-13(12)10-20/h1-4,7-8H,5-6,9-10,19H2. The van der Waals surface area contributed by atoms with Crippen molar-refractivity contribution in [2.75, 3.05) is 11.4 Å². The Labute approximate surface area is 116 Å². The quantitative estimate of drug-likeness (QED) is 0.912. The van der Waals surface area contributed by atoms with Crippen LogP contribution in [0.1, 0.15) is 16.7 Å². The Morgan fingerprint density at radius 1 is 1.05 bits per heavy atom. The second-order valence-electron chi connectivity index (χ2n) is 5.05. The van der Waals surface area contributed by atoms with Gasteiger partial charge in [0.05, 0.1) is 0 Å². The van der Waals surface area contributed by atoms with Crippen LogP contribution in [0.25, 0.3) is 0 Å². The Hall–Kier alpha value is -1.94. The molecule has 0 radical (unpaired) electrons. The zero-order chi connectivity index (χ0) is 14.1. The molecular formula is C16H16F2N2. The molecule has 0 unspecified atom stereocenters. The Balaban J connectivity index is 1.96. The number of hydrogen-bond donors (Lipinski definition) is 1. The molecule has 2 aromatic rings. The average molecular weight is 274 g/mol. The summed E-state index contributed by atoms with van der Waals surface area (Å²) in [5, 5.41) is 0. The topological polar surface area (TPSA) is 29.3 Å². The van der Waals surface area contributed by atoms with Crippen LogP contribution in [0, 0.1) is 11.6 Å². The lowest BCUT2D eigenvalue weighted by molar-refractivity contribution is 0.561. The highest BCUT2D eigenvalue weighted by Gasteiger charge is 2.22. The zero-order valence-corrected chi connectivity index (χ0v) is 11.1. The van der Waals surface area contributed by atoms with E-state index in [1.165, 1.54) is 17.7 Å². The Morgan fingerprint density at radius 3 is 2.35 bits per heavy atom. The maximum absolute atomic E-state index is 14.1. The fraction of sp³-hybridized carbons (Fsp3) is 0.250. The summed E-state index contributed by atoms with van der Waals surface area (Å²) in [6, 6.07) is 10.7. The van der Waals surface area contributed by atoms with E-state index < -0.39 is 11.6 Å². The molecule has 4 heteroatoms. The molecule has 0 aliphatic carbocycles. The molecule has 104 valence electrons. The van der Waals surface area contributed by atoms with E-state index in [1.807, 2.05) is 18.2 Å². The van der Waals surface area contributed by atoms with Crippen LogP contribution < -0.4 is 10.6 Å². The third-order valence-corrected chi connectivity index (χ3v) is 3.76. The van der Waals surface area contributed by atoms with E-state index in [1.54, 1.807) is 4.90 Å². The monoisotopic (exact) mass is 274 g/mol. The molecule has 20 heavy (non-hydrogen) atoms. The van der Waals surface area contributed by atoms with Crippen molar-refractivity contribution in [2.45, 2.75) is 19.5 Å². The minimum atomic E-state index is -0.537. The van der Waals surface area contributed by atoms with Gasteiger partial charge in [-0.2, -0.15) is 0 Å². The molecule has 0 saturated heterocycles. The smallest absolute Gasteiger partial charge is 0.149 e. The highest BCUT2D eigenvalue weighted by atomic mass is 19.1. The summed E-state index contributed by atoms with van der Waals surface area (Å²) in [7, 11) is 0. The number of halogens is 2. The molecule has 3 rings (SSSR count). The van der Waals surface area contributed by atoms with E-state index in [4.69, 9.17) is 5.73 Å². The first-order valence-electron chi connectivity index (χ1n) is 6.68. The number of nitrogens with zero attached hydrogens (tertiary/aromatic N) is 1. The molecule has 0 saturated carbocycles. The average Bonchev–Trinajstić information content (AvgIpc) is 2.46. The van der Waals surface area contributed by atoms with Crippen LogP contribution >= 0.6 is 0 Å². The van der Waals surface area contributed by atoms with Gasteiger partial charge in [-0.3, -0.25) is 0 Å². The zero-order valence-electron chi connectivity index (χ0n) is 11.1. The number of nitrogens with two attached hydrogens (primary N) is 1. The van der Waals surface area contributed by atoms with Crippen LogP contribution in [0.3, 0.4) is 0 Å². The Bertz CT molecular complexity index is 617. The van der Waals surface area contributed by atoms with Crippen LogP contribution in [0.4, 0.5) is 14.5 Å². The molecule has 0 aromatic heterocycles. The van der Waals surface area contributed by atoms with Gasteiger partial charge in [-0.05, 0) is 35.2 Å². The van der Waals surface area contributed by atoms with Gasteiger partial charge in [-0.25, -0.2) is 8.78 Å². The summed E-state index contributed by atoms with van der Waals surface area (Å²) < 4.78 is 28.2. The molecule has 0 atom stereocenters. The van der Waals surface area contributed by atoms with Gasteiger partial charge in [-0.15, -0.1) is 0 Å². The van der Waals surface area contributed by atoms with E-state index in [2.05, 4.69) is 6.07 Å². The molecular weight excluding hydrogens is 258 g/mol. The molecule has 0 fully saturated rings. The number of rotatable bonds is 2. The van der Waals surface area contributed by atoms with Gasteiger partial charge < -0.3 is 10.6 Å². The van der Waals surface area contributed by atoms with Crippen molar-refractivity contribution in [3.63, 3.8) is 0 Å². The van der Waals surface area contributed by atoms with Gasteiger partial charge in [-0.1, -0.05) is 24.3 Å². The summed E-state index contributed by atoms with van der Waals surface area (Å²) in [5.41, 5.74) is 8.34. The van der Waals surface area contributed by atoms with Crippen LogP contribution in [-0.4, -0.2) is 6.54 Å². The van der Waals surface area contributed by atoms with Crippen LogP contribution in [0.15, 0.2) is 36.4 Å². The van der Waals surface area contributed by atoms with Crippen LogP contribution in [0.5, 0.6) is 0 Å². The maximum atomic E-state index is 14.1. The molecule has 1 aliphatic heterocycles. The normalized spacial score (nSPS) is 14.2. The van der Waals surface area contributed by atoms with E-state index in [0.717, 1.165) is 12.0 Å². The van der Waals surface area contributed by atoms with Gasteiger partial charge in [0.25, 0.3) is 0 Å². The predicted octanol–water partition coefficient (Wildman–Crippen LogP) is 2.99. The van der Waals surface area contributed by atoms with Crippen molar-refractivity contribution in [3.8, 4) is 0 Å². The maximum Gasteiger partial charge on any atom is 0.149 e. The van der Waals surface area contributed by atoms with Crippen molar-refractivity contribution in [1.82, 2.24) is 0 Å². The Kier molecular flexibility index (Phi) is 3.40. The third kappa shape index (κ3) is 2.27. The minimum Gasteiger partial charge on any atom is -0.362 e. The van der Waals surface area contributed by atoms with Gasteiger partial charge in [0.2, 0.25) is 0 Å². The molecule has 2 aromatic carbocycles. The largest absolute Gasteiger partial charge is 0.362 e. The van der Waals surface area contributed by atoms with E-state index >= 15 is 0 Å². The summed E-state index contributed by atoms with van der Waals surface area (Å²) in [6.45, 7) is 1.29. The molecule has 2 N–H and O–H groups in total. The van der Waals surface area contributed by atoms with Crippen molar-refractivity contribution in [2.24, 2.45) is 5.73 Å². The molecule has 1 aliphatic rings. The number of anilines is 1. The molecule has 2 nitrogen and oxygen atoms in total. The molecule has 1 heterocycles. The summed E-state index contributed by atoms with van der Waals surface area (Å²) in [6.07, 6.45) is 0.799. The summed E-state index contributed by atoms with van der Waals surface area (Å²) >= 11 is 0. The van der Waals surface area contributed by atoms with E-state index in [-0.39, 0.29) is 12.2 Å². The van der Waals surface area contributed by atoms with Crippen molar-refractivity contribution >= 4 is 5.69 Å². The lowest BCUT2D eigenvalue weighted by atomic mass is 9.99. The highest BCUT2D eigenvalue weighted by molar-refractivity contribution is 5.53. The van der Waals surface area contributed by atoms with E-state index in [0.29, 0.717) is 18.7 Å². The number of fused-ring (bicyclic) bond motifs is 1. The molecule has 0 spiro atoms. The number of benzene rings is 2. The lowest BCUT2D eigenvalue weighted by Crippen LogP contribution is -2.31. The Morgan fingerprint density at radius 2 is 1.70 bits per heavy atom. The lowest BCUT2D eigenvalue weighted by Gasteiger charge is -2.31. The van der Waals surface area contributed by atoms with Crippen molar-refractivity contribution < 1.29 is 8.78 Å². The van der Waals surface area contributed by atoms with Gasteiger partial charge in [0.1, 0.15) is 17.3 Å². The first kappa shape index (κ1) is 13.1. The highest BCUT2D eigenvalue weighted by Crippen LogP contribution is 2.29. The van der Waals surface area contributed by atoms with Crippen molar-refractivity contribution in [3.05, 3.63) is 64.7 Å². The summed E-state index contributed by atoms with van der Waals surface area (Å²) in [4.78, 5) is 1.76. The molecule has 0 amide bonds. The SMILES string of the molecule is NCc1cc(F)c(N2CCc3ccccc3C2)c(F)c1. The first-order valence-corrected chi connectivity index (χ1v) is 6.68. The first-order chi connectivity index (χ1) is 9.69. The molecule has 0 bridgehead atoms. The van der Waals surface area contributed by atoms with Crippen LogP contribution in [-0.2, 0) is 19.5 Å². The van der Waals surface area contributed by atoms with Gasteiger partial charge >= 0.3 is 0 Å². The fourth-order valence-electron chi connectivity index (χ4n) is 2.72. The van der Waals surface area contributed by atoms with Gasteiger partial charge in [0.15, 0.2) is 0 Å². The second-order valence-corrected chi connectivity index (χ2v) is 5.05. The third-order valence-electron chi connectivity index (χ3n) is 3.76. The number of hydrogen-bond acceptors (Lipinski definition) is 2. The summed E-state index contributed by atoms with van der Waals surface area (Å²) in [5.74, 6) is -1.07. The second kappa shape index (κ2) is 5.21. The van der Waals surface area contributed by atoms with Gasteiger partial charge in [0, 0.05) is 19.6 Å².